The summed E-state index contributed by atoms with van der Waals surface area (Å²) in [6.07, 6.45) is 1.42. The molecule has 142 valence electrons. The molecule has 0 aliphatic heterocycles. The number of para-hydroxylation sites is 1. The molecule has 0 bridgehead atoms. The Bertz CT molecular complexity index is 992. The van der Waals surface area contributed by atoms with Gasteiger partial charge in [-0.15, -0.1) is 0 Å². The van der Waals surface area contributed by atoms with E-state index in [1.54, 1.807) is 12.1 Å². The van der Waals surface area contributed by atoms with Crippen LogP contribution in [0.2, 0.25) is 0 Å². The molecule has 1 amide bonds. The molecule has 7 heteroatoms. The lowest BCUT2D eigenvalue weighted by Gasteiger charge is -2.24. The van der Waals surface area contributed by atoms with E-state index in [1.165, 1.54) is 23.0 Å². The summed E-state index contributed by atoms with van der Waals surface area (Å²) in [6, 6.07) is 17.4. The van der Waals surface area contributed by atoms with Crippen molar-refractivity contribution in [1.29, 1.82) is 5.26 Å². The van der Waals surface area contributed by atoms with E-state index in [0.29, 0.717) is 5.82 Å². The summed E-state index contributed by atoms with van der Waals surface area (Å²) >= 11 is 0. The minimum atomic E-state index is -0.297. The molecular formula is C21H20FN5O. The topological polar surface area (TPSA) is 74.0 Å². The number of benzene rings is 2. The Morgan fingerprint density at radius 3 is 2.57 bits per heavy atom. The molecule has 0 aliphatic carbocycles. The maximum atomic E-state index is 13.1. The normalized spacial score (nSPS) is 11.8. The highest BCUT2D eigenvalue weighted by molar-refractivity contribution is 5.93. The number of nitrogens with one attached hydrogen (secondary N) is 1. The third-order valence-corrected chi connectivity index (χ3v) is 4.55. The summed E-state index contributed by atoms with van der Waals surface area (Å²) in [5, 5.41) is 16.3. The standard InChI is InChI=1S/C21H20FN5O/c1-15(16-8-10-18(22)11-9-16)26(2)14-20(28)25-21-17(12-23)13-24-27(21)19-6-4-3-5-7-19/h3-11,13,15H,14H2,1-2H3,(H,25,28). The van der Waals surface area contributed by atoms with Crippen molar-refractivity contribution in [1.82, 2.24) is 14.7 Å². The van der Waals surface area contributed by atoms with Crippen LogP contribution in [0.25, 0.3) is 5.69 Å². The van der Waals surface area contributed by atoms with E-state index in [2.05, 4.69) is 16.5 Å². The smallest absolute Gasteiger partial charge is 0.239 e. The Morgan fingerprint density at radius 1 is 1.25 bits per heavy atom. The Hall–Kier alpha value is -3.50. The van der Waals surface area contributed by atoms with Gasteiger partial charge in [0, 0.05) is 6.04 Å². The number of carbonyl (C=O) groups excluding carboxylic acids is 1. The molecule has 1 aromatic heterocycles. The molecular weight excluding hydrogens is 357 g/mol. The molecule has 1 heterocycles. The summed E-state index contributed by atoms with van der Waals surface area (Å²) < 4.78 is 14.6. The lowest BCUT2D eigenvalue weighted by Crippen LogP contribution is -2.32. The molecule has 1 N–H and O–H groups in total. The number of anilines is 1. The van der Waals surface area contributed by atoms with Gasteiger partial charge in [0.25, 0.3) is 0 Å². The molecule has 28 heavy (non-hydrogen) atoms. The first-order chi connectivity index (χ1) is 13.5. The fraction of sp³-hybridized carbons (Fsp3) is 0.190. The molecule has 0 radical (unpaired) electrons. The van der Waals surface area contributed by atoms with E-state index < -0.39 is 0 Å². The maximum Gasteiger partial charge on any atom is 0.239 e. The van der Waals surface area contributed by atoms with Gasteiger partial charge < -0.3 is 5.32 Å². The number of nitrogens with zero attached hydrogens (tertiary/aromatic N) is 4. The summed E-state index contributed by atoms with van der Waals surface area (Å²) in [5.74, 6) is -0.235. The van der Waals surface area contributed by atoms with Crippen LogP contribution in [0.15, 0.2) is 60.8 Å². The van der Waals surface area contributed by atoms with Crippen molar-refractivity contribution in [3.05, 3.63) is 77.7 Å². The van der Waals surface area contributed by atoms with Gasteiger partial charge in [0.15, 0.2) is 5.82 Å². The average molecular weight is 377 g/mol. The van der Waals surface area contributed by atoms with Crippen LogP contribution in [0.3, 0.4) is 0 Å². The second-order valence-electron chi connectivity index (χ2n) is 6.46. The van der Waals surface area contributed by atoms with E-state index in [4.69, 9.17) is 0 Å². The molecule has 1 atom stereocenters. The Balaban J connectivity index is 1.74. The number of hydrogen-bond donors (Lipinski definition) is 1. The van der Waals surface area contributed by atoms with Gasteiger partial charge in [-0.05, 0) is 43.8 Å². The van der Waals surface area contributed by atoms with Crippen LogP contribution in [0.5, 0.6) is 0 Å². The Labute approximate surface area is 162 Å². The van der Waals surface area contributed by atoms with E-state index in [-0.39, 0.29) is 29.9 Å². The maximum absolute atomic E-state index is 13.1. The fourth-order valence-electron chi connectivity index (χ4n) is 2.85. The largest absolute Gasteiger partial charge is 0.308 e. The summed E-state index contributed by atoms with van der Waals surface area (Å²) in [5.41, 5.74) is 1.93. The lowest BCUT2D eigenvalue weighted by atomic mass is 10.1. The number of halogens is 1. The predicted octanol–water partition coefficient (Wildman–Crippen LogP) is 3.51. The molecule has 3 aromatic rings. The van der Waals surface area contributed by atoms with Crippen LogP contribution in [0, 0.1) is 17.1 Å². The first-order valence-electron chi connectivity index (χ1n) is 8.78. The third-order valence-electron chi connectivity index (χ3n) is 4.55. The van der Waals surface area contributed by atoms with E-state index in [1.807, 2.05) is 49.2 Å². The number of nitriles is 1. The summed E-state index contributed by atoms with van der Waals surface area (Å²) in [7, 11) is 1.81. The van der Waals surface area contributed by atoms with Gasteiger partial charge in [-0.2, -0.15) is 10.4 Å². The first-order valence-corrected chi connectivity index (χ1v) is 8.78. The Kier molecular flexibility index (Phi) is 5.82. The Morgan fingerprint density at radius 2 is 1.93 bits per heavy atom. The number of amides is 1. The van der Waals surface area contributed by atoms with Gasteiger partial charge in [0.05, 0.1) is 18.4 Å². The van der Waals surface area contributed by atoms with Crippen molar-refractivity contribution < 1.29 is 9.18 Å². The SMILES string of the molecule is CC(c1ccc(F)cc1)N(C)CC(=O)Nc1c(C#N)cnn1-c1ccccc1. The monoisotopic (exact) mass is 377 g/mol. The molecule has 0 aliphatic rings. The molecule has 6 nitrogen and oxygen atoms in total. The van der Waals surface area contributed by atoms with Gasteiger partial charge in [0.2, 0.25) is 5.91 Å². The molecule has 0 saturated carbocycles. The van der Waals surface area contributed by atoms with Crippen LogP contribution in [0.1, 0.15) is 24.1 Å². The minimum Gasteiger partial charge on any atom is -0.308 e. The van der Waals surface area contributed by atoms with Gasteiger partial charge >= 0.3 is 0 Å². The zero-order valence-corrected chi connectivity index (χ0v) is 15.6. The van der Waals surface area contributed by atoms with Crippen molar-refractivity contribution in [2.75, 3.05) is 18.9 Å². The second-order valence-corrected chi connectivity index (χ2v) is 6.46. The lowest BCUT2D eigenvalue weighted by molar-refractivity contribution is -0.117. The van der Waals surface area contributed by atoms with Gasteiger partial charge in [-0.3, -0.25) is 9.69 Å². The van der Waals surface area contributed by atoms with Crippen LogP contribution < -0.4 is 5.32 Å². The van der Waals surface area contributed by atoms with Gasteiger partial charge in [-0.25, -0.2) is 9.07 Å². The number of rotatable bonds is 6. The van der Waals surface area contributed by atoms with Crippen LogP contribution in [0.4, 0.5) is 10.2 Å². The third kappa shape index (κ3) is 4.24. The van der Waals surface area contributed by atoms with Crippen molar-refractivity contribution in [3.63, 3.8) is 0 Å². The quantitative estimate of drug-likeness (QED) is 0.713. The van der Waals surface area contributed by atoms with Crippen LogP contribution in [-0.4, -0.2) is 34.2 Å². The fourth-order valence-corrected chi connectivity index (χ4v) is 2.85. The average Bonchev–Trinajstić information content (AvgIpc) is 3.11. The van der Waals surface area contributed by atoms with Crippen molar-refractivity contribution in [2.24, 2.45) is 0 Å². The zero-order valence-electron chi connectivity index (χ0n) is 15.6. The first kappa shape index (κ1) is 19.3. The van der Waals surface area contributed by atoms with E-state index in [9.17, 15) is 14.4 Å². The second kappa shape index (κ2) is 8.46. The molecule has 0 fully saturated rings. The van der Waals surface area contributed by atoms with E-state index in [0.717, 1.165) is 11.3 Å². The van der Waals surface area contributed by atoms with Crippen LogP contribution >= 0.6 is 0 Å². The molecule has 0 saturated heterocycles. The molecule has 3 rings (SSSR count). The van der Waals surface area contributed by atoms with Crippen LogP contribution in [-0.2, 0) is 4.79 Å². The highest BCUT2D eigenvalue weighted by Gasteiger charge is 2.19. The van der Waals surface area contributed by atoms with Gasteiger partial charge in [-0.1, -0.05) is 30.3 Å². The number of likely N-dealkylation sites (N-methyl/N-ethyl adjacent to an activating group) is 1. The number of carbonyl (C=O) groups is 1. The number of hydrogen-bond acceptors (Lipinski definition) is 4. The highest BCUT2D eigenvalue weighted by Crippen LogP contribution is 2.21. The molecule has 2 aromatic carbocycles. The van der Waals surface area contributed by atoms with E-state index >= 15 is 0 Å². The summed E-state index contributed by atoms with van der Waals surface area (Å²) in [6.45, 7) is 2.04. The predicted molar refractivity (Wildman–Crippen MR) is 104 cm³/mol. The minimum absolute atomic E-state index is 0.0826. The zero-order chi connectivity index (χ0) is 20.1. The van der Waals surface area contributed by atoms with Crippen molar-refractivity contribution in [2.45, 2.75) is 13.0 Å². The van der Waals surface area contributed by atoms with Gasteiger partial charge in [0.1, 0.15) is 17.4 Å². The molecule has 0 spiro atoms. The number of aromatic nitrogens is 2. The van der Waals surface area contributed by atoms with Crippen molar-refractivity contribution in [3.8, 4) is 11.8 Å². The highest BCUT2D eigenvalue weighted by atomic mass is 19.1. The summed E-state index contributed by atoms with van der Waals surface area (Å²) in [4.78, 5) is 14.4. The molecule has 1 unspecified atom stereocenters. The van der Waals surface area contributed by atoms with Crippen molar-refractivity contribution >= 4 is 11.7 Å².